The molecule has 2 heterocycles. The van der Waals surface area contributed by atoms with Gasteiger partial charge in [-0.25, -0.2) is 0 Å². The van der Waals surface area contributed by atoms with Gasteiger partial charge in [0.05, 0.1) is 6.61 Å². The van der Waals surface area contributed by atoms with E-state index in [4.69, 9.17) is 4.74 Å². The topological polar surface area (TPSA) is 38.3 Å². The van der Waals surface area contributed by atoms with Gasteiger partial charge in [-0.3, -0.25) is 4.79 Å². The van der Waals surface area contributed by atoms with Gasteiger partial charge < -0.3 is 10.1 Å². The van der Waals surface area contributed by atoms with Crippen LogP contribution >= 0.6 is 0 Å². The summed E-state index contributed by atoms with van der Waals surface area (Å²) in [6.45, 7) is 4.87. The van der Waals surface area contributed by atoms with Gasteiger partial charge in [0, 0.05) is 18.3 Å². The quantitative estimate of drug-likeness (QED) is 0.916. The zero-order valence-electron chi connectivity index (χ0n) is 12.2. The maximum Gasteiger partial charge on any atom is 0.139 e. The van der Waals surface area contributed by atoms with Gasteiger partial charge in [-0.1, -0.05) is 19.1 Å². The van der Waals surface area contributed by atoms with E-state index in [0.717, 1.165) is 51.1 Å². The molecule has 3 rings (SSSR count). The molecule has 1 aromatic carbocycles. The summed E-state index contributed by atoms with van der Waals surface area (Å²) in [6, 6.07) is 6.36. The van der Waals surface area contributed by atoms with Crippen molar-refractivity contribution in [2.24, 2.45) is 5.41 Å². The van der Waals surface area contributed by atoms with Gasteiger partial charge >= 0.3 is 0 Å². The molecular formula is C17H23NO2. The van der Waals surface area contributed by atoms with Crippen molar-refractivity contribution in [2.45, 2.75) is 39.0 Å². The molecule has 1 N–H and O–H groups in total. The fourth-order valence-corrected chi connectivity index (χ4v) is 3.21. The van der Waals surface area contributed by atoms with Crippen molar-refractivity contribution in [1.29, 1.82) is 0 Å². The number of carbonyl (C=O) groups excluding carboxylic acids is 1. The van der Waals surface area contributed by atoms with Gasteiger partial charge in [-0.05, 0) is 49.5 Å². The lowest BCUT2D eigenvalue weighted by Gasteiger charge is -2.32. The second-order valence-electron chi connectivity index (χ2n) is 6.27. The Balaban J connectivity index is 1.60. The first-order chi connectivity index (χ1) is 9.67. The Labute approximate surface area is 120 Å². The minimum Gasteiger partial charge on any atom is -0.493 e. The minimum atomic E-state index is -0.106. The Morgan fingerprint density at radius 2 is 2.15 bits per heavy atom. The van der Waals surface area contributed by atoms with Gasteiger partial charge in [0.1, 0.15) is 11.5 Å². The highest BCUT2D eigenvalue weighted by atomic mass is 16.5. The van der Waals surface area contributed by atoms with Crippen LogP contribution in [-0.4, -0.2) is 25.5 Å². The Hall–Kier alpha value is -1.35. The summed E-state index contributed by atoms with van der Waals surface area (Å²) >= 11 is 0. The van der Waals surface area contributed by atoms with Crippen molar-refractivity contribution in [1.82, 2.24) is 5.32 Å². The van der Waals surface area contributed by atoms with Crippen LogP contribution in [-0.2, 0) is 17.6 Å². The number of hydrogen-bond donors (Lipinski definition) is 1. The van der Waals surface area contributed by atoms with Gasteiger partial charge in [-0.2, -0.15) is 0 Å². The van der Waals surface area contributed by atoms with Gasteiger partial charge in [0.2, 0.25) is 0 Å². The zero-order valence-corrected chi connectivity index (χ0v) is 12.2. The number of Topliss-reactive ketones (excluding diaryl/α,β-unsaturated/α-hetero) is 1. The average molecular weight is 273 g/mol. The predicted octanol–water partition coefficient (Wildman–Crippen LogP) is 2.51. The Morgan fingerprint density at radius 1 is 1.35 bits per heavy atom. The highest BCUT2D eigenvalue weighted by Gasteiger charge is 2.33. The first-order valence-electron chi connectivity index (χ1n) is 7.66. The van der Waals surface area contributed by atoms with E-state index in [1.165, 1.54) is 11.1 Å². The number of aryl methyl sites for hydroxylation is 1. The maximum absolute atomic E-state index is 12.5. The maximum atomic E-state index is 12.5. The Bertz CT molecular complexity index is 504. The summed E-state index contributed by atoms with van der Waals surface area (Å²) in [5, 5.41) is 3.33. The fourth-order valence-electron chi connectivity index (χ4n) is 3.21. The summed E-state index contributed by atoms with van der Waals surface area (Å²) in [4.78, 5) is 12.5. The van der Waals surface area contributed by atoms with Crippen LogP contribution in [0.1, 0.15) is 37.3 Å². The van der Waals surface area contributed by atoms with Crippen molar-refractivity contribution in [2.75, 3.05) is 19.7 Å². The van der Waals surface area contributed by atoms with Gasteiger partial charge in [-0.15, -0.1) is 0 Å². The SMILES string of the molecule is CC1(C(=O)CCc2ccc3c(c2)CCO3)CCNCC1. The number of rotatable bonds is 4. The molecule has 0 bridgehead atoms. The van der Waals surface area contributed by atoms with Crippen LogP contribution in [0.25, 0.3) is 0 Å². The van der Waals surface area contributed by atoms with Crippen LogP contribution < -0.4 is 10.1 Å². The van der Waals surface area contributed by atoms with Crippen molar-refractivity contribution < 1.29 is 9.53 Å². The number of benzene rings is 1. The number of fused-ring (bicyclic) bond motifs is 1. The van der Waals surface area contributed by atoms with E-state index in [9.17, 15) is 4.79 Å². The molecule has 0 saturated carbocycles. The van der Waals surface area contributed by atoms with Crippen molar-refractivity contribution in [3.63, 3.8) is 0 Å². The standard InChI is InChI=1S/C17H23NO2/c1-17(7-9-18-10-8-17)16(19)5-3-13-2-4-15-14(12-13)6-11-20-15/h2,4,12,18H,3,5-11H2,1H3. The molecule has 0 amide bonds. The first kappa shape index (κ1) is 13.6. The van der Waals surface area contributed by atoms with E-state index < -0.39 is 0 Å². The van der Waals surface area contributed by atoms with Crippen LogP contribution in [0.3, 0.4) is 0 Å². The van der Waals surface area contributed by atoms with E-state index in [1.807, 2.05) is 6.07 Å². The molecule has 1 aromatic rings. The number of nitrogens with one attached hydrogen (secondary N) is 1. The van der Waals surface area contributed by atoms with Gasteiger partial charge in [0.25, 0.3) is 0 Å². The molecule has 0 atom stereocenters. The summed E-state index contributed by atoms with van der Waals surface area (Å²) in [6.07, 6.45) is 4.47. The van der Waals surface area contributed by atoms with Crippen LogP contribution in [0.2, 0.25) is 0 Å². The first-order valence-corrected chi connectivity index (χ1v) is 7.66. The summed E-state index contributed by atoms with van der Waals surface area (Å²) in [5.41, 5.74) is 2.45. The molecule has 0 aliphatic carbocycles. The monoisotopic (exact) mass is 273 g/mol. The van der Waals surface area contributed by atoms with E-state index in [0.29, 0.717) is 12.2 Å². The second-order valence-corrected chi connectivity index (χ2v) is 6.27. The molecule has 3 nitrogen and oxygen atoms in total. The normalized spacial score (nSPS) is 20.2. The van der Waals surface area contributed by atoms with Crippen molar-refractivity contribution in [3.05, 3.63) is 29.3 Å². The molecular weight excluding hydrogens is 250 g/mol. The number of hydrogen-bond acceptors (Lipinski definition) is 3. The molecule has 2 aliphatic rings. The molecule has 1 fully saturated rings. The molecule has 0 unspecified atom stereocenters. The highest BCUT2D eigenvalue weighted by Crippen LogP contribution is 2.31. The van der Waals surface area contributed by atoms with Crippen LogP contribution in [0.5, 0.6) is 5.75 Å². The third kappa shape index (κ3) is 2.73. The Kier molecular flexibility index (Phi) is 3.79. The summed E-state index contributed by atoms with van der Waals surface area (Å²) < 4.78 is 5.52. The fraction of sp³-hybridized carbons (Fsp3) is 0.588. The summed E-state index contributed by atoms with van der Waals surface area (Å²) in [7, 11) is 0. The molecule has 20 heavy (non-hydrogen) atoms. The van der Waals surface area contributed by atoms with Crippen LogP contribution in [0, 0.1) is 5.41 Å². The lowest BCUT2D eigenvalue weighted by molar-refractivity contribution is -0.129. The van der Waals surface area contributed by atoms with Crippen LogP contribution in [0.4, 0.5) is 0 Å². The number of ether oxygens (including phenoxy) is 1. The predicted molar refractivity (Wildman–Crippen MR) is 79.2 cm³/mol. The molecule has 1 saturated heterocycles. The van der Waals surface area contributed by atoms with Crippen molar-refractivity contribution in [3.8, 4) is 5.75 Å². The smallest absolute Gasteiger partial charge is 0.139 e. The lowest BCUT2D eigenvalue weighted by Crippen LogP contribution is -2.40. The second kappa shape index (κ2) is 5.57. The third-order valence-electron chi connectivity index (χ3n) is 4.77. The van der Waals surface area contributed by atoms with E-state index in [-0.39, 0.29) is 5.41 Å². The third-order valence-corrected chi connectivity index (χ3v) is 4.77. The average Bonchev–Trinajstić information content (AvgIpc) is 2.93. The largest absolute Gasteiger partial charge is 0.493 e. The number of ketones is 1. The zero-order chi connectivity index (χ0) is 14.0. The number of carbonyl (C=O) groups is 1. The lowest BCUT2D eigenvalue weighted by atomic mass is 9.75. The molecule has 0 radical (unpaired) electrons. The van der Waals surface area contributed by atoms with E-state index in [1.54, 1.807) is 0 Å². The van der Waals surface area contributed by atoms with E-state index >= 15 is 0 Å². The molecule has 0 spiro atoms. The molecule has 3 heteroatoms. The van der Waals surface area contributed by atoms with Crippen molar-refractivity contribution >= 4 is 5.78 Å². The highest BCUT2D eigenvalue weighted by molar-refractivity contribution is 5.84. The number of piperidine rings is 1. The minimum absolute atomic E-state index is 0.106. The van der Waals surface area contributed by atoms with Gasteiger partial charge in [0.15, 0.2) is 0 Å². The van der Waals surface area contributed by atoms with Crippen LogP contribution in [0.15, 0.2) is 18.2 Å². The van der Waals surface area contributed by atoms with E-state index in [2.05, 4.69) is 24.4 Å². The molecule has 0 aromatic heterocycles. The summed E-state index contributed by atoms with van der Waals surface area (Å²) in [5.74, 6) is 1.45. The molecule has 2 aliphatic heterocycles. The molecule has 108 valence electrons. The Morgan fingerprint density at radius 3 is 2.95 bits per heavy atom.